The van der Waals surface area contributed by atoms with Gasteiger partial charge in [0.2, 0.25) is 0 Å². The summed E-state index contributed by atoms with van der Waals surface area (Å²) in [7, 11) is 3.10. The van der Waals surface area contributed by atoms with Gasteiger partial charge in [-0.2, -0.15) is 0 Å². The molecule has 0 saturated heterocycles. The van der Waals surface area contributed by atoms with Gasteiger partial charge < -0.3 is 15.0 Å². The Kier molecular flexibility index (Phi) is 2.44. The number of imidazole rings is 1. The highest BCUT2D eigenvalue weighted by Crippen LogP contribution is 2.07. The summed E-state index contributed by atoms with van der Waals surface area (Å²) >= 11 is 0. The topological polar surface area (TPSA) is 70.1 Å². The molecule has 5 nitrogen and oxygen atoms in total. The molecule has 0 saturated carbocycles. The second-order valence-corrected chi connectivity index (χ2v) is 2.46. The predicted octanol–water partition coefficient (Wildman–Crippen LogP) is -0.407. The summed E-state index contributed by atoms with van der Waals surface area (Å²) in [5, 5.41) is 0. The quantitative estimate of drug-likeness (QED) is 0.611. The molecule has 0 spiro atoms. The lowest BCUT2D eigenvalue weighted by Gasteiger charge is -2.04. The number of ether oxygens (including phenoxy) is 1. The van der Waals surface area contributed by atoms with Crippen LogP contribution in [0.5, 0.6) is 0 Å². The average Bonchev–Trinajstić information content (AvgIpc) is 2.49. The van der Waals surface area contributed by atoms with Gasteiger partial charge in [-0.3, -0.25) is 0 Å². The lowest BCUT2D eigenvalue weighted by Crippen LogP contribution is -2.22. The maximum Gasteiger partial charge on any atom is 0.328 e. The van der Waals surface area contributed by atoms with Gasteiger partial charge in [0.25, 0.3) is 0 Å². The number of aryl methyl sites for hydroxylation is 1. The Labute approximate surface area is 70.1 Å². The van der Waals surface area contributed by atoms with Crippen LogP contribution in [0.1, 0.15) is 11.7 Å². The van der Waals surface area contributed by atoms with Gasteiger partial charge in [-0.05, 0) is 0 Å². The van der Waals surface area contributed by atoms with E-state index in [1.807, 2.05) is 0 Å². The summed E-state index contributed by atoms with van der Waals surface area (Å²) in [6.07, 6.45) is 3.26. The maximum absolute atomic E-state index is 10.9. The minimum Gasteiger partial charge on any atom is -0.468 e. The molecule has 1 aromatic heterocycles. The third-order valence-electron chi connectivity index (χ3n) is 1.50. The largest absolute Gasteiger partial charge is 0.468 e. The van der Waals surface area contributed by atoms with Crippen LogP contribution in [0.15, 0.2) is 12.5 Å². The number of hydrogen-bond acceptors (Lipinski definition) is 4. The first-order chi connectivity index (χ1) is 5.65. The van der Waals surface area contributed by atoms with E-state index in [1.54, 1.807) is 24.1 Å². The van der Waals surface area contributed by atoms with Gasteiger partial charge in [-0.1, -0.05) is 0 Å². The number of esters is 1. The molecule has 1 rings (SSSR count). The number of carbonyl (C=O) groups excluding carboxylic acids is 1. The van der Waals surface area contributed by atoms with Crippen molar-refractivity contribution >= 4 is 5.97 Å². The first-order valence-corrected chi connectivity index (χ1v) is 3.46. The van der Waals surface area contributed by atoms with E-state index in [0.717, 1.165) is 0 Å². The number of methoxy groups -OCH3 is 1. The second kappa shape index (κ2) is 3.36. The van der Waals surface area contributed by atoms with Crippen molar-refractivity contribution in [1.29, 1.82) is 0 Å². The molecule has 1 atom stereocenters. The van der Waals surface area contributed by atoms with E-state index < -0.39 is 12.0 Å². The molecule has 0 aliphatic carbocycles. The van der Waals surface area contributed by atoms with Crippen LogP contribution in [-0.2, 0) is 16.6 Å². The first kappa shape index (κ1) is 8.73. The Bertz CT molecular complexity index is 282. The molecule has 1 unspecified atom stereocenters. The molecule has 1 aromatic rings. The molecule has 0 aromatic carbocycles. The van der Waals surface area contributed by atoms with E-state index in [1.165, 1.54) is 7.11 Å². The van der Waals surface area contributed by atoms with Crippen molar-refractivity contribution < 1.29 is 9.53 Å². The highest BCUT2D eigenvalue weighted by Gasteiger charge is 2.17. The fourth-order valence-electron chi connectivity index (χ4n) is 0.841. The summed E-state index contributed by atoms with van der Waals surface area (Å²) in [4.78, 5) is 14.8. The highest BCUT2D eigenvalue weighted by molar-refractivity contribution is 5.76. The molecule has 0 radical (unpaired) electrons. The number of nitrogens with two attached hydrogens (primary N) is 1. The lowest BCUT2D eigenvalue weighted by molar-refractivity contribution is -0.142. The molecule has 66 valence electrons. The molecular formula is C7H11N3O2. The molecule has 0 bridgehead atoms. The molecule has 2 N–H and O–H groups in total. The lowest BCUT2D eigenvalue weighted by atomic mass is 10.2. The molecule has 0 fully saturated rings. The van der Waals surface area contributed by atoms with E-state index in [-0.39, 0.29) is 0 Å². The number of aromatic nitrogens is 2. The third kappa shape index (κ3) is 1.62. The molecule has 12 heavy (non-hydrogen) atoms. The van der Waals surface area contributed by atoms with Crippen molar-refractivity contribution in [2.24, 2.45) is 12.8 Å². The summed E-state index contributed by atoms with van der Waals surface area (Å²) in [6, 6.07) is -0.781. The minimum atomic E-state index is -0.781. The minimum absolute atomic E-state index is 0.478. The summed E-state index contributed by atoms with van der Waals surface area (Å²) in [5.41, 5.74) is 6.03. The van der Waals surface area contributed by atoms with Crippen LogP contribution < -0.4 is 5.73 Å². The zero-order valence-electron chi connectivity index (χ0n) is 7.02. The smallest absolute Gasteiger partial charge is 0.328 e. The highest BCUT2D eigenvalue weighted by atomic mass is 16.5. The van der Waals surface area contributed by atoms with Gasteiger partial charge in [0, 0.05) is 13.2 Å². The molecule has 1 heterocycles. The van der Waals surface area contributed by atoms with E-state index in [2.05, 4.69) is 9.72 Å². The van der Waals surface area contributed by atoms with Crippen molar-refractivity contribution in [1.82, 2.24) is 9.55 Å². The fraction of sp³-hybridized carbons (Fsp3) is 0.429. The van der Waals surface area contributed by atoms with E-state index in [4.69, 9.17) is 5.73 Å². The van der Waals surface area contributed by atoms with Gasteiger partial charge in [0.1, 0.15) is 6.04 Å². The van der Waals surface area contributed by atoms with Gasteiger partial charge in [0.05, 0.1) is 19.1 Å². The standard InChI is InChI=1S/C7H11N3O2/c1-10-3-5(9-4-10)6(8)7(11)12-2/h3-4,6H,8H2,1-2H3. The van der Waals surface area contributed by atoms with Crippen LogP contribution in [0.25, 0.3) is 0 Å². The van der Waals surface area contributed by atoms with E-state index in [0.29, 0.717) is 5.69 Å². The summed E-state index contributed by atoms with van der Waals surface area (Å²) < 4.78 is 6.18. The Morgan fingerprint density at radius 3 is 2.92 bits per heavy atom. The second-order valence-electron chi connectivity index (χ2n) is 2.46. The number of carbonyl (C=O) groups is 1. The molecular weight excluding hydrogens is 158 g/mol. The number of hydrogen-bond donors (Lipinski definition) is 1. The molecule has 0 amide bonds. The van der Waals surface area contributed by atoms with Crippen LogP contribution in [0.3, 0.4) is 0 Å². The third-order valence-corrected chi connectivity index (χ3v) is 1.50. The van der Waals surface area contributed by atoms with Crippen LogP contribution in [0.4, 0.5) is 0 Å². The van der Waals surface area contributed by atoms with Crippen molar-refractivity contribution in [3.63, 3.8) is 0 Å². The fourth-order valence-corrected chi connectivity index (χ4v) is 0.841. The normalized spacial score (nSPS) is 12.6. The van der Waals surface area contributed by atoms with Gasteiger partial charge in [-0.25, -0.2) is 9.78 Å². The summed E-state index contributed by atoms with van der Waals surface area (Å²) in [6.45, 7) is 0. The van der Waals surface area contributed by atoms with Crippen LogP contribution in [-0.4, -0.2) is 22.6 Å². The van der Waals surface area contributed by atoms with Crippen LogP contribution in [0, 0.1) is 0 Å². The SMILES string of the molecule is COC(=O)C(N)c1cn(C)cn1. The molecule has 0 aliphatic heterocycles. The summed E-state index contributed by atoms with van der Waals surface area (Å²) in [5.74, 6) is -0.478. The first-order valence-electron chi connectivity index (χ1n) is 3.46. The zero-order chi connectivity index (χ0) is 9.14. The Morgan fingerprint density at radius 1 is 1.83 bits per heavy atom. The molecule has 0 aliphatic rings. The maximum atomic E-state index is 10.9. The van der Waals surface area contributed by atoms with E-state index >= 15 is 0 Å². The van der Waals surface area contributed by atoms with Gasteiger partial charge in [0.15, 0.2) is 0 Å². The van der Waals surface area contributed by atoms with Gasteiger partial charge >= 0.3 is 5.97 Å². The van der Waals surface area contributed by atoms with Crippen molar-refractivity contribution in [3.8, 4) is 0 Å². The van der Waals surface area contributed by atoms with Crippen molar-refractivity contribution in [2.45, 2.75) is 6.04 Å². The van der Waals surface area contributed by atoms with Crippen LogP contribution >= 0.6 is 0 Å². The van der Waals surface area contributed by atoms with Crippen LogP contribution in [0.2, 0.25) is 0 Å². The number of rotatable bonds is 2. The van der Waals surface area contributed by atoms with E-state index in [9.17, 15) is 4.79 Å². The van der Waals surface area contributed by atoms with Gasteiger partial charge in [-0.15, -0.1) is 0 Å². The van der Waals surface area contributed by atoms with Crippen molar-refractivity contribution in [2.75, 3.05) is 7.11 Å². The zero-order valence-corrected chi connectivity index (χ0v) is 7.02. The number of nitrogens with zero attached hydrogens (tertiary/aromatic N) is 2. The monoisotopic (exact) mass is 169 g/mol. The predicted molar refractivity (Wildman–Crippen MR) is 42.2 cm³/mol. The Morgan fingerprint density at radius 2 is 2.50 bits per heavy atom. The molecule has 5 heteroatoms. The Balaban J connectivity index is 2.77. The average molecular weight is 169 g/mol. The Hall–Kier alpha value is -1.36. The van der Waals surface area contributed by atoms with Crippen molar-refractivity contribution in [3.05, 3.63) is 18.2 Å².